The maximum Gasteiger partial charge on any atom is 0.0485 e. The highest BCUT2D eigenvalue weighted by Gasteiger charge is 2.16. The van der Waals surface area contributed by atoms with Gasteiger partial charge < -0.3 is 5.32 Å². The molecule has 12 heavy (non-hydrogen) atoms. The molecule has 1 heteroatoms. The molecule has 0 aromatic heterocycles. The van der Waals surface area contributed by atoms with E-state index < -0.39 is 0 Å². The third-order valence-electron chi connectivity index (χ3n) is 2.22. The minimum absolute atomic E-state index is 0.507. The van der Waals surface area contributed by atoms with Gasteiger partial charge in [-0.2, -0.15) is 0 Å². The Balaban J connectivity index is 2.22. The SMILES string of the molecule is C/C=C/C1Cc2ccccc2N1. The summed E-state index contributed by atoms with van der Waals surface area (Å²) in [4.78, 5) is 0. The molecular weight excluding hydrogens is 146 g/mol. The lowest BCUT2D eigenvalue weighted by Gasteiger charge is -2.03. The van der Waals surface area contributed by atoms with Crippen LogP contribution in [0.5, 0.6) is 0 Å². The second kappa shape index (κ2) is 3.02. The summed E-state index contributed by atoms with van der Waals surface area (Å²) in [6, 6.07) is 9.00. The van der Waals surface area contributed by atoms with Crippen molar-refractivity contribution < 1.29 is 0 Å². The van der Waals surface area contributed by atoms with Gasteiger partial charge in [-0.05, 0) is 25.0 Å². The Morgan fingerprint density at radius 1 is 1.42 bits per heavy atom. The molecule has 0 amide bonds. The summed E-state index contributed by atoms with van der Waals surface area (Å²) in [7, 11) is 0. The fraction of sp³-hybridized carbons (Fsp3) is 0.273. The number of hydrogen-bond donors (Lipinski definition) is 1. The number of fused-ring (bicyclic) bond motifs is 1. The molecule has 0 radical (unpaired) electrons. The van der Waals surface area contributed by atoms with Crippen LogP contribution in [-0.4, -0.2) is 6.04 Å². The van der Waals surface area contributed by atoms with Crippen LogP contribution in [0.2, 0.25) is 0 Å². The van der Waals surface area contributed by atoms with Gasteiger partial charge in [0.1, 0.15) is 0 Å². The minimum Gasteiger partial charge on any atom is -0.378 e. The topological polar surface area (TPSA) is 12.0 Å². The maximum absolute atomic E-state index is 3.45. The van der Waals surface area contributed by atoms with Crippen molar-refractivity contribution in [3.8, 4) is 0 Å². The van der Waals surface area contributed by atoms with E-state index in [0.717, 1.165) is 6.42 Å². The normalized spacial score (nSPS) is 20.9. The van der Waals surface area contributed by atoms with Gasteiger partial charge in [0, 0.05) is 11.7 Å². The van der Waals surface area contributed by atoms with Crippen LogP contribution in [-0.2, 0) is 6.42 Å². The molecule has 0 saturated carbocycles. The van der Waals surface area contributed by atoms with Crippen molar-refractivity contribution in [3.05, 3.63) is 42.0 Å². The standard InChI is InChI=1S/C11H13N/c1-2-5-10-8-9-6-3-4-7-11(9)12-10/h2-7,10,12H,8H2,1H3/b5-2+. The monoisotopic (exact) mass is 159 g/mol. The van der Waals surface area contributed by atoms with E-state index >= 15 is 0 Å². The van der Waals surface area contributed by atoms with Crippen LogP contribution in [0.25, 0.3) is 0 Å². The highest BCUT2D eigenvalue weighted by Crippen LogP contribution is 2.25. The van der Waals surface area contributed by atoms with Gasteiger partial charge in [0.05, 0.1) is 0 Å². The molecule has 1 aliphatic heterocycles. The Hall–Kier alpha value is -1.24. The number of hydrogen-bond acceptors (Lipinski definition) is 1. The summed E-state index contributed by atoms with van der Waals surface area (Å²) in [5.74, 6) is 0. The lowest BCUT2D eigenvalue weighted by atomic mass is 10.1. The number of benzene rings is 1. The Morgan fingerprint density at radius 2 is 2.25 bits per heavy atom. The quantitative estimate of drug-likeness (QED) is 0.621. The zero-order valence-electron chi connectivity index (χ0n) is 7.25. The molecule has 1 N–H and O–H groups in total. The summed E-state index contributed by atoms with van der Waals surface area (Å²) in [6.07, 6.45) is 5.43. The lowest BCUT2D eigenvalue weighted by Crippen LogP contribution is -2.10. The molecule has 1 aliphatic rings. The fourth-order valence-corrected chi connectivity index (χ4v) is 1.68. The fourth-order valence-electron chi connectivity index (χ4n) is 1.68. The molecule has 0 bridgehead atoms. The van der Waals surface area contributed by atoms with E-state index in [1.54, 1.807) is 0 Å². The molecule has 1 aromatic rings. The van der Waals surface area contributed by atoms with Gasteiger partial charge in [-0.25, -0.2) is 0 Å². The molecule has 1 nitrogen and oxygen atoms in total. The first-order chi connectivity index (χ1) is 5.90. The Bertz CT molecular complexity index is 277. The van der Waals surface area contributed by atoms with Gasteiger partial charge >= 0.3 is 0 Å². The first-order valence-electron chi connectivity index (χ1n) is 4.37. The molecule has 62 valence electrons. The largest absolute Gasteiger partial charge is 0.378 e. The van der Waals surface area contributed by atoms with Crippen LogP contribution in [0.4, 0.5) is 5.69 Å². The molecule has 2 rings (SSSR count). The first kappa shape index (κ1) is 7.41. The van der Waals surface area contributed by atoms with Crippen molar-refractivity contribution in [3.63, 3.8) is 0 Å². The van der Waals surface area contributed by atoms with E-state index in [0.29, 0.717) is 6.04 Å². The first-order valence-corrected chi connectivity index (χ1v) is 4.37. The highest BCUT2D eigenvalue weighted by molar-refractivity contribution is 5.57. The van der Waals surface area contributed by atoms with Crippen molar-refractivity contribution >= 4 is 5.69 Å². The van der Waals surface area contributed by atoms with E-state index in [-0.39, 0.29) is 0 Å². The van der Waals surface area contributed by atoms with Crippen LogP contribution in [0.3, 0.4) is 0 Å². The van der Waals surface area contributed by atoms with Crippen molar-refractivity contribution in [2.75, 3.05) is 5.32 Å². The van der Waals surface area contributed by atoms with Gasteiger partial charge in [0.2, 0.25) is 0 Å². The number of nitrogens with one attached hydrogen (secondary N) is 1. The van der Waals surface area contributed by atoms with Gasteiger partial charge in [-0.1, -0.05) is 30.4 Å². The second-order valence-corrected chi connectivity index (χ2v) is 3.14. The van der Waals surface area contributed by atoms with Crippen LogP contribution in [0.1, 0.15) is 12.5 Å². The Kier molecular flexibility index (Phi) is 1.86. The number of anilines is 1. The number of allylic oxidation sites excluding steroid dienone is 1. The van der Waals surface area contributed by atoms with Gasteiger partial charge in [-0.3, -0.25) is 0 Å². The molecule has 0 fully saturated rings. The molecule has 0 aliphatic carbocycles. The predicted octanol–water partition coefficient (Wildman–Crippen LogP) is 2.60. The van der Waals surface area contributed by atoms with Crippen molar-refractivity contribution in [1.29, 1.82) is 0 Å². The summed E-state index contributed by atoms with van der Waals surface area (Å²) in [5, 5.41) is 3.45. The third-order valence-corrected chi connectivity index (χ3v) is 2.22. The zero-order chi connectivity index (χ0) is 8.39. The molecule has 1 heterocycles. The molecule has 0 saturated heterocycles. The molecule has 1 aromatic carbocycles. The smallest absolute Gasteiger partial charge is 0.0485 e. The van der Waals surface area contributed by atoms with Crippen LogP contribution >= 0.6 is 0 Å². The van der Waals surface area contributed by atoms with Crippen molar-refractivity contribution in [2.45, 2.75) is 19.4 Å². The Labute approximate surface area is 73.1 Å². The van der Waals surface area contributed by atoms with Crippen molar-refractivity contribution in [2.24, 2.45) is 0 Å². The van der Waals surface area contributed by atoms with Gasteiger partial charge in [0.15, 0.2) is 0 Å². The summed E-state index contributed by atoms with van der Waals surface area (Å²) >= 11 is 0. The van der Waals surface area contributed by atoms with Crippen LogP contribution in [0.15, 0.2) is 36.4 Å². The molecule has 1 unspecified atom stereocenters. The Morgan fingerprint density at radius 3 is 3.00 bits per heavy atom. The summed E-state index contributed by atoms with van der Waals surface area (Å²) < 4.78 is 0. The molecule has 1 atom stereocenters. The highest BCUT2D eigenvalue weighted by atomic mass is 14.9. The molecular formula is C11H13N. The second-order valence-electron chi connectivity index (χ2n) is 3.14. The van der Waals surface area contributed by atoms with Gasteiger partial charge in [-0.15, -0.1) is 0 Å². The average Bonchev–Trinajstić information content (AvgIpc) is 2.47. The third kappa shape index (κ3) is 1.22. The molecule has 0 spiro atoms. The van der Waals surface area contributed by atoms with Crippen LogP contribution < -0.4 is 5.32 Å². The van der Waals surface area contributed by atoms with E-state index in [4.69, 9.17) is 0 Å². The predicted molar refractivity (Wildman–Crippen MR) is 52.4 cm³/mol. The minimum atomic E-state index is 0.507. The number of rotatable bonds is 1. The van der Waals surface area contributed by atoms with Crippen molar-refractivity contribution in [1.82, 2.24) is 0 Å². The van der Waals surface area contributed by atoms with Crippen LogP contribution in [0, 0.1) is 0 Å². The zero-order valence-corrected chi connectivity index (χ0v) is 7.25. The summed E-state index contributed by atoms with van der Waals surface area (Å²) in [5.41, 5.74) is 2.72. The van der Waals surface area contributed by atoms with E-state index in [2.05, 4.69) is 48.7 Å². The van der Waals surface area contributed by atoms with E-state index in [1.807, 2.05) is 0 Å². The van der Waals surface area contributed by atoms with Gasteiger partial charge in [0.25, 0.3) is 0 Å². The van der Waals surface area contributed by atoms with E-state index in [9.17, 15) is 0 Å². The lowest BCUT2D eigenvalue weighted by molar-refractivity contribution is 0.922. The average molecular weight is 159 g/mol. The van der Waals surface area contributed by atoms with E-state index in [1.165, 1.54) is 11.3 Å². The maximum atomic E-state index is 3.45. The summed E-state index contributed by atoms with van der Waals surface area (Å²) in [6.45, 7) is 2.06. The number of para-hydroxylation sites is 1.